The molecule has 23 heavy (non-hydrogen) atoms. The Morgan fingerprint density at radius 2 is 0.348 bits per heavy atom. The third-order valence-corrected chi connectivity index (χ3v) is 0. The van der Waals surface area contributed by atoms with E-state index in [9.17, 15) is 0 Å². The van der Waals surface area contributed by atoms with Crippen LogP contribution in [-0.2, 0) is 33.6 Å². The summed E-state index contributed by atoms with van der Waals surface area (Å²) in [6, 6.07) is 0. The predicted octanol–water partition coefficient (Wildman–Crippen LogP) is -12.2. The standard InChI is InChI=1S/7CH2O2.In.Sn/c7*2-1-3;;/h7*1H,(H,2,3);;/q;;;;;;;+3;+4/p-7. The SMILES string of the molecule is O=C[O-].O=C[O-].O=C[O-].O=C[O-].O=C[O-].O=C[O-].O=C[O-].[In+3].[Sn+4]. The van der Waals surface area contributed by atoms with Crippen LogP contribution in [0.5, 0.6) is 0 Å². The minimum absolute atomic E-state index is 0. The maximum absolute atomic E-state index is 8.25. The van der Waals surface area contributed by atoms with E-state index in [2.05, 4.69) is 0 Å². The Morgan fingerprint density at radius 1 is 0.348 bits per heavy atom. The Balaban J connectivity index is -0.0000000140. The van der Waals surface area contributed by atoms with E-state index in [-0.39, 0.29) is 49.8 Å². The van der Waals surface area contributed by atoms with Gasteiger partial charge in [0.25, 0.3) is 0 Å². The molecule has 0 aliphatic rings. The molecule has 0 bridgehead atoms. The number of rotatable bonds is 0. The fourth-order valence-electron chi connectivity index (χ4n) is 0. The van der Waals surface area contributed by atoms with Crippen LogP contribution >= 0.6 is 0 Å². The molecule has 0 N–H and O–H groups in total. The molecule has 16 heteroatoms. The zero-order chi connectivity index (χ0) is 18.9. The Bertz CT molecular complexity index is 143. The smallest absolute Gasteiger partial charge is 0.554 e. The third kappa shape index (κ3) is 1550. The molecule has 126 valence electrons. The van der Waals surface area contributed by atoms with E-state index < -0.39 is 45.3 Å². The van der Waals surface area contributed by atoms with E-state index in [0.29, 0.717) is 0 Å². The fourth-order valence-corrected chi connectivity index (χ4v) is 0. The monoisotopic (exact) mass is 550 g/mol. The number of carbonyl (C=O) groups is 7. The normalized spacial score (nSPS) is 3.65. The molecule has 0 aromatic rings. The molecule has 0 saturated carbocycles. The van der Waals surface area contributed by atoms with Crippen LogP contribution in [0.3, 0.4) is 0 Å². The van der Waals surface area contributed by atoms with Gasteiger partial charge in [0.1, 0.15) is 0 Å². The first-order valence-corrected chi connectivity index (χ1v) is 3.30. The first-order valence-electron chi connectivity index (χ1n) is 3.30. The van der Waals surface area contributed by atoms with Crippen molar-refractivity contribution in [1.82, 2.24) is 0 Å². The van der Waals surface area contributed by atoms with Gasteiger partial charge >= 0.3 is 49.8 Å². The van der Waals surface area contributed by atoms with Crippen LogP contribution in [0.15, 0.2) is 0 Å². The van der Waals surface area contributed by atoms with Crippen LogP contribution in [0, 0.1) is 0 Å². The van der Waals surface area contributed by atoms with Crippen LogP contribution in [0.25, 0.3) is 0 Å². The van der Waals surface area contributed by atoms with Gasteiger partial charge in [0.05, 0.1) is 0 Å². The molecular weight excluding hydrogens is 542 g/mol. The van der Waals surface area contributed by atoms with E-state index in [1.807, 2.05) is 0 Å². The summed E-state index contributed by atoms with van der Waals surface area (Å²) < 4.78 is 0. The molecule has 0 amide bonds. The molecule has 0 fully saturated rings. The van der Waals surface area contributed by atoms with E-state index >= 15 is 0 Å². The van der Waals surface area contributed by atoms with Gasteiger partial charge in [0.2, 0.25) is 0 Å². The van der Waals surface area contributed by atoms with Gasteiger partial charge in [-0.3, -0.25) is 0 Å². The number of hydrogen-bond acceptors (Lipinski definition) is 14. The van der Waals surface area contributed by atoms with Crippen molar-refractivity contribution >= 4 is 95.1 Å². The minimum atomic E-state index is -0.500. The van der Waals surface area contributed by atoms with Crippen LogP contribution in [-0.4, -0.2) is 95.1 Å². The average Bonchev–Trinajstić information content (AvgIpc) is 2.35. The molecule has 0 atom stereocenters. The Hall–Kier alpha value is -2.04. The first-order chi connectivity index (χ1) is 9.90. The Labute approximate surface area is 164 Å². The van der Waals surface area contributed by atoms with Crippen molar-refractivity contribution in [1.29, 1.82) is 0 Å². The third-order valence-electron chi connectivity index (χ3n) is 0. The van der Waals surface area contributed by atoms with Crippen molar-refractivity contribution in [3.8, 4) is 0 Å². The van der Waals surface area contributed by atoms with E-state index in [1.54, 1.807) is 0 Å². The summed E-state index contributed by atoms with van der Waals surface area (Å²) in [7, 11) is 0. The molecule has 0 heterocycles. The molecule has 0 aliphatic carbocycles. The topological polar surface area (TPSA) is 281 Å². The summed E-state index contributed by atoms with van der Waals surface area (Å²) in [6.45, 7) is -3.50. The van der Waals surface area contributed by atoms with Gasteiger partial charge in [-0.15, -0.1) is 0 Å². The van der Waals surface area contributed by atoms with Crippen LogP contribution in [0.1, 0.15) is 0 Å². The molecule has 0 aromatic heterocycles. The Morgan fingerprint density at radius 3 is 0.348 bits per heavy atom. The maximum Gasteiger partial charge on any atom is 4.00 e. The van der Waals surface area contributed by atoms with E-state index in [4.69, 9.17) is 69.3 Å². The van der Waals surface area contributed by atoms with Crippen molar-refractivity contribution in [2.45, 2.75) is 0 Å². The molecule has 0 aromatic carbocycles. The number of carboxylic acid groups (broad SMARTS) is 7. The van der Waals surface area contributed by atoms with E-state index in [1.165, 1.54) is 0 Å². The van der Waals surface area contributed by atoms with Crippen LogP contribution < -0.4 is 35.7 Å². The predicted molar refractivity (Wildman–Crippen MR) is 54.0 cm³/mol. The molecule has 0 saturated heterocycles. The van der Waals surface area contributed by atoms with Gasteiger partial charge in [0, 0.05) is 45.3 Å². The molecule has 0 rings (SSSR count). The zero-order valence-electron chi connectivity index (χ0n) is 10.8. The van der Waals surface area contributed by atoms with Crippen molar-refractivity contribution in [3.05, 3.63) is 0 Å². The van der Waals surface area contributed by atoms with Gasteiger partial charge in [-0.1, -0.05) is 0 Å². The molecule has 0 unspecified atom stereocenters. The molecule has 0 aliphatic heterocycles. The summed E-state index contributed by atoms with van der Waals surface area (Å²) in [5.74, 6) is 0. The van der Waals surface area contributed by atoms with Crippen molar-refractivity contribution in [2.24, 2.45) is 0 Å². The molecular formula is C7H7InO14Sn. The fraction of sp³-hybridized carbons (Fsp3) is 0. The minimum Gasteiger partial charge on any atom is -0.554 e. The largest absolute Gasteiger partial charge is 4.00 e. The maximum atomic E-state index is 8.25. The van der Waals surface area contributed by atoms with E-state index in [0.717, 1.165) is 0 Å². The van der Waals surface area contributed by atoms with Crippen LogP contribution in [0.2, 0.25) is 0 Å². The second kappa shape index (κ2) is 292. The second-order valence-corrected chi connectivity index (χ2v) is 0.674. The summed E-state index contributed by atoms with van der Waals surface area (Å²) in [5.41, 5.74) is 0. The van der Waals surface area contributed by atoms with Crippen molar-refractivity contribution < 1.29 is 69.3 Å². The van der Waals surface area contributed by atoms with Gasteiger partial charge in [-0.2, -0.15) is 0 Å². The quantitative estimate of drug-likeness (QED) is 0.201. The van der Waals surface area contributed by atoms with Gasteiger partial charge in [-0.25, -0.2) is 0 Å². The summed E-state index contributed by atoms with van der Waals surface area (Å²) in [5, 5.41) is 57.8. The zero-order valence-corrected chi connectivity index (χ0v) is 17.0. The average molecular weight is 549 g/mol. The second-order valence-electron chi connectivity index (χ2n) is 0.674. The number of carbonyl (C=O) groups excluding carboxylic acids is 7. The molecule has 14 nitrogen and oxygen atoms in total. The van der Waals surface area contributed by atoms with Gasteiger partial charge < -0.3 is 69.3 Å². The summed E-state index contributed by atoms with van der Waals surface area (Å²) >= 11 is 0. The summed E-state index contributed by atoms with van der Waals surface area (Å²) in [4.78, 5) is 57.8. The van der Waals surface area contributed by atoms with Crippen molar-refractivity contribution in [3.63, 3.8) is 0 Å². The number of hydrogen-bond donors (Lipinski definition) is 0. The van der Waals surface area contributed by atoms with Crippen molar-refractivity contribution in [2.75, 3.05) is 0 Å². The Kier molecular flexibility index (Phi) is 741. The van der Waals surface area contributed by atoms with Gasteiger partial charge in [0.15, 0.2) is 0 Å². The summed E-state index contributed by atoms with van der Waals surface area (Å²) in [6.07, 6.45) is 0. The molecule has 0 spiro atoms. The molecule has 0 radical (unpaired) electrons. The van der Waals surface area contributed by atoms with Gasteiger partial charge in [-0.05, 0) is 0 Å². The van der Waals surface area contributed by atoms with Crippen LogP contribution in [0.4, 0.5) is 0 Å². The first kappa shape index (κ1) is 58.4.